The van der Waals surface area contributed by atoms with Crippen molar-refractivity contribution >= 4 is 0 Å². The van der Waals surface area contributed by atoms with Crippen LogP contribution < -0.4 is 5.73 Å². The van der Waals surface area contributed by atoms with Crippen LogP contribution in [0.25, 0.3) is 0 Å². The highest BCUT2D eigenvalue weighted by molar-refractivity contribution is 4.97. The maximum absolute atomic E-state index is 5.99. The molecular weight excluding hydrogens is 188 g/mol. The van der Waals surface area contributed by atoms with Gasteiger partial charge in [-0.3, -0.25) is 4.90 Å². The third-order valence-corrected chi connectivity index (χ3v) is 4.15. The first-order valence-electron chi connectivity index (χ1n) is 6.00. The molecule has 0 bridgehead atoms. The molecule has 3 heteroatoms. The van der Waals surface area contributed by atoms with Crippen LogP contribution in [0.5, 0.6) is 0 Å². The predicted molar refractivity (Wildman–Crippen MR) is 63.9 cm³/mol. The van der Waals surface area contributed by atoms with Crippen LogP contribution >= 0.6 is 0 Å². The minimum atomic E-state index is 0.0137. The molecule has 1 aliphatic carbocycles. The normalized spacial score (nSPS) is 21.8. The Kier molecular flexibility index (Phi) is 4.56. The number of nitrogens with two attached hydrogens (primary N) is 1. The van der Waals surface area contributed by atoms with E-state index in [1.165, 1.54) is 19.3 Å². The van der Waals surface area contributed by atoms with E-state index in [9.17, 15) is 0 Å². The molecular formula is C12H26N2O. The van der Waals surface area contributed by atoms with Gasteiger partial charge in [-0.15, -0.1) is 0 Å². The number of rotatable bonds is 6. The van der Waals surface area contributed by atoms with Gasteiger partial charge < -0.3 is 10.5 Å². The molecule has 90 valence electrons. The smallest absolute Gasteiger partial charge is 0.0661 e. The fraction of sp³-hybridized carbons (Fsp3) is 1.00. The molecule has 0 spiro atoms. The SMILES string of the molecule is COCC(CN)(C(C)C)N(C)C1CCC1. The Balaban J connectivity index is 2.75. The molecule has 1 saturated carbocycles. The highest BCUT2D eigenvalue weighted by Gasteiger charge is 2.41. The molecule has 0 amide bonds. The molecule has 0 aliphatic heterocycles. The van der Waals surface area contributed by atoms with Gasteiger partial charge in [-0.2, -0.15) is 0 Å². The molecule has 0 aromatic carbocycles. The number of hydrogen-bond acceptors (Lipinski definition) is 3. The van der Waals surface area contributed by atoms with Crippen LogP contribution in [0.2, 0.25) is 0 Å². The van der Waals surface area contributed by atoms with Crippen molar-refractivity contribution in [3.05, 3.63) is 0 Å². The molecule has 0 aromatic heterocycles. The summed E-state index contributed by atoms with van der Waals surface area (Å²) in [6.07, 6.45) is 3.99. The average Bonchev–Trinajstić information content (AvgIpc) is 2.10. The number of ether oxygens (including phenoxy) is 1. The van der Waals surface area contributed by atoms with Crippen LogP contribution in [-0.4, -0.2) is 43.8 Å². The Morgan fingerprint density at radius 1 is 1.47 bits per heavy atom. The maximum atomic E-state index is 5.99. The number of hydrogen-bond donors (Lipinski definition) is 1. The standard InChI is InChI=1S/C12H26N2O/c1-10(2)12(8-13,9-15-4)14(3)11-6-5-7-11/h10-11H,5-9,13H2,1-4H3. The molecule has 1 rings (SSSR count). The zero-order valence-electron chi connectivity index (χ0n) is 10.6. The van der Waals surface area contributed by atoms with E-state index < -0.39 is 0 Å². The zero-order chi connectivity index (χ0) is 11.5. The summed E-state index contributed by atoms with van der Waals surface area (Å²) >= 11 is 0. The molecule has 2 N–H and O–H groups in total. The van der Waals surface area contributed by atoms with E-state index in [0.29, 0.717) is 18.5 Å². The monoisotopic (exact) mass is 214 g/mol. The van der Waals surface area contributed by atoms with Gasteiger partial charge in [0.1, 0.15) is 0 Å². The molecule has 1 aliphatic rings. The van der Waals surface area contributed by atoms with Crippen LogP contribution in [0.1, 0.15) is 33.1 Å². The molecule has 1 atom stereocenters. The lowest BCUT2D eigenvalue weighted by atomic mass is 9.80. The quantitative estimate of drug-likeness (QED) is 0.727. The van der Waals surface area contributed by atoms with Crippen molar-refractivity contribution in [1.29, 1.82) is 0 Å². The summed E-state index contributed by atoms with van der Waals surface area (Å²) in [5.74, 6) is 0.521. The first-order chi connectivity index (χ1) is 7.08. The first-order valence-corrected chi connectivity index (χ1v) is 6.00. The van der Waals surface area contributed by atoms with E-state index in [1.54, 1.807) is 7.11 Å². The molecule has 0 saturated heterocycles. The van der Waals surface area contributed by atoms with Crippen molar-refractivity contribution in [2.45, 2.75) is 44.7 Å². The summed E-state index contributed by atoms with van der Waals surface area (Å²) in [7, 11) is 3.97. The third kappa shape index (κ3) is 2.35. The molecule has 0 aromatic rings. The van der Waals surface area contributed by atoms with E-state index in [1.807, 2.05) is 0 Å². The van der Waals surface area contributed by atoms with Gasteiger partial charge in [-0.1, -0.05) is 20.3 Å². The highest BCUT2D eigenvalue weighted by Crippen LogP contribution is 2.33. The van der Waals surface area contributed by atoms with Crippen molar-refractivity contribution in [2.24, 2.45) is 11.7 Å². The van der Waals surface area contributed by atoms with Crippen LogP contribution in [0, 0.1) is 5.92 Å². The summed E-state index contributed by atoms with van der Waals surface area (Å²) < 4.78 is 5.38. The second-order valence-corrected chi connectivity index (χ2v) is 5.09. The van der Waals surface area contributed by atoms with Gasteiger partial charge >= 0.3 is 0 Å². The minimum absolute atomic E-state index is 0.0137. The Hall–Kier alpha value is -0.120. The summed E-state index contributed by atoms with van der Waals surface area (Å²) in [6, 6.07) is 0.714. The van der Waals surface area contributed by atoms with Crippen LogP contribution in [-0.2, 0) is 4.74 Å². The Labute approximate surface area is 94.0 Å². The van der Waals surface area contributed by atoms with Gasteiger partial charge in [0.05, 0.1) is 12.1 Å². The summed E-state index contributed by atoms with van der Waals surface area (Å²) in [5, 5.41) is 0. The molecule has 3 nitrogen and oxygen atoms in total. The van der Waals surface area contributed by atoms with Crippen molar-refractivity contribution in [2.75, 3.05) is 27.3 Å². The molecule has 0 radical (unpaired) electrons. The molecule has 1 fully saturated rings. The summed E-state index contributed by atoms with van der Waals surface area (Å²) in [4.78, 5) is 2.46. The lowest BCUT2D eigenvalue weighted by Gasteiger charge is -2.50. The van der Waals surface area contributed by atoms with Crippen molar-refractivity contribution in [3.8, 4) is 0 Å². The van der Waals surface area contributed by atoms with E-state index in [0.717, 1.165) is 6.61 Å². The van der Waals surface area contributed by atoms with Crippen LogP contribution in [0.15, 0.2) is 0 Å². The predicted octanol–water partition coefficient (Wildman–Crippen LogP) is 1.47. The Bertz CT molecular complexity index is 192. The highest BCUT2D eigenvalue weighted by atomic mass is 16.5. The topological polar surface area (TPSA) is 38.5 Å². The third-order valence-electron chi connectivity index (χ3n) is 4.15. The number of nitrogens with zero attached hydrogens (tertiary/aromatic N) is 1. The number of likely N-dealkylation sites (N-methyl/N-ethyl adjacent to an activating group) is 1. The van der Waals surface area contributed by atoms with Gasteiger partial charge in [-0.05, 0) is 25.8 Å². The van der Waals surface area contributed by atoms with Crippen LogP contribution in [0.3, 0.4) is 0 Å². The van der Waals surface area contributed by atoms with Crippen molar-refractivity contribution in [3.63, 3.8) is 0 Å². The fourth-order valence-electron chi connectivity index (χ4n) is 2.50. The second kappa shape index (κ2) is 5.28. The second-order valence-electron chi connectivity index (χ2n) is 5.09. The fourth-order valence-corrected chi connectivity index (χ4v) is 2.50. The maximum Gasteiger partial charge on any atom is 0.0661 e. The summed E-state index contributed by atoms with van der Waals surface area (Å²) in [6.45, 7) is 5.88. The zero-order valence-corrected chi connectivity index (χ0v) is 10.6. The Morgan fingerprint density at radius 3 is 2.33 bits per heavy atom. The van der Waals surface area contributed by atoms with Gasteiger partial charge in [0.2, 0.25) is 0 Å². The van der Waals surface area contributed by atoms with Crippen molar-refractivity contribution in [1.82, 2.24) is 4.90 Å². The largest absolute Gasteiger partial charge is 0.383 e. The minimum Gasteiger partial charge on any atom is -0.383 e. The number of methoxy groups -OCH3 is 1. The van der Waals surface area contributed by atoms with Gasteiger partial charge in [0.15, 0.2) is 0 Å². The van der Waals surface area contributed by atoms with E-state index >= 15 is 0 Å². The first kappa shape index (κ1) is 12.9. The van der Waals surface area contributed by atoms with Gasteiger partial charge in [-0.25, -0.2) is 0 Å². The molecule has 1 unspecified atom stereocenters. The van der Waals surface area contributed by atoms with Crippen molar-refractivity contribution < 1.29 is 4.74 Å². The lowest BCUT2D eigenvalue weighted by molar-refractivity contribution is -0.0423. The van der Waals surface area contributed by atoms with E-state index in [4.69, 9.17) is 10.5 Å². The lowest BCUT2D eigenvalue weighted by Crippen LogP contribution is -2.63. The molecule has 15 heavy (non-hydrogen) atoms. The van der Waals surface area contributed by atoms with E-state index in [2.05, 4.69) is 25.8 Å². The van der Waals surface area contributed by atoms with Crippen LogP contribution in [0.4, 0.5) is 0 Å². The summed E-state index contributed by atoms with van der Waals surface area (Å²) in [5.41, 5.74) is 6.00. The van der Waals surface area contributed by atoms with Gasteiger partial charge in [0, 0.05) is 19.7 Å². The van der Waals surface area contributed by atoms with E-state index in [-0.39, 0.29) is 5.54 Å². The van der Waals surface area contributed by atoms with Gasteiger partial charge in [0.25, 0.3) is 0 Å². The Morgan fingerprint density at radius 2 is 2.07 bits per heavy atom. The average molecular weight is 214 g/mol. The molecule has 0 heterocycles.